The minimum Gasteiger partial charge on any atom is -0.482 e. The Bertz CT molecular complexity index is 1390. The highest BCUT2D eigenvalue weighted by molar-refractivity contribution is 5.86. The van der Waals surface area contributed by atoms with Gasteiger partial charge in [0.2, 0.25) is 0 Å². The van der Waals surface area contributed by atoms with E-state index in [1.54, 1.807) is 0 Å². The zero-order valence-electron chi connectivity index (χ0n) is 21.7. The second kappa shape index (κ2) is 11.1. The van der Waals surface area contributed by atoms with Gasteiger partial charge in [0.25, 0.3) is 0 Å². The van der Waals surface area contributed by atoms with Gasteiger partial charge in [0, 0.05) is 24.0 Å². The molecule has 1 heterocycles. The number of hydrogen-bond acceptors (Lipinski definition) is 3. The third-order valence-electron chi connectivity index (χ3n) is 7.67. The number of anilines is 2. The minimum absolute atomic E-state index is 0.335. The largest absolute Gasteiger partial charge is 0.482 e. The van der Waals surface area contributed by atoms with Gasteiger partial charge in [-0.1, -0.05) is 80.1 Å². The lowest BCUT2D eigenvalue weighted by molar-refractivity contribution is -0.139. The number of hydrogen-bond donors (Lipinski definition) is 1. The summed E-state index contributed by atoms with van der Waals surface area (Å²) >= 11 is 0. The summed E-state index contributed by atoms with van der Waals surface area (Å²) in [6.07, 6.45) is 4.62. The molecule has 37 heavy (non-hydrogen) atoms. The van der Waals surface area contributed by atoms with Crippen LogP contribution in [0.4, 0.5) is 11.4 Å². The van der Waals surface area contributed by atoms with E-state index in [9.17, 15) is 4.79 Å². The molecule has 0 fully saturated rings. The van der Waals surface area contributed by atoms with E-state index < -0.39 is 5.97 Å². The number of ether oxygens (including phenoxy) is 1. The van der Waals surface area contributed by atoms with Crippen molar-refractivity contribution in [2.75, 3.05) is 18.1 Å². The molecule has 0 saturated heterocycles. The molecule has 0 radical (unpaired) electrons. The van der Waals surface area contributed by atoms with Crippen LogP contribution in [0.1, 0.15) is 48.8 Å². The summed E-state index contributed by atoms with van der Waals surface area (Å²) in [4.78, 5) is 13.4. The first kappa shape index (κ1) is 24.9. The number of aryl methyl sites for hydroxylation is 1. The monoisotopic (exact) mass is 493 g/mol. The Labute approximate surface area is 219 Å². The fraction of sp³-hybridized carbons (Fsp3) is 0.303. The molecule has 0 aromatic heterocycles. The predicted octanol–water partition coefficient (Wildman–Crippen LogP) is 7.90. The molecule has 4 nitrogen and oxygen atoms in total. The zero-order valence-corrected chi connectivity index (χ0v) is 21.7. The smallest absolute Gasteiger partial charge is 0.341 e. The highest BCUT2D eigenvalue weighted by Crippen LogP contribution is 2.39. The van der Waals surface area contributed by atoms with E-state index in [0.29, 0.717) is 17.6 Å². The lowest BCUT2D eigenvalue weighted by Crippen LogP contribution is -2.32. The van der Waals surface area contributed by atoms with E-state index in [1.165, 1.54) is 46.8 Å². The molecule has 4 aromatic rings. The summed E-state index contributed by atoms with van der Waals surface area (Å²) in [5.41, 5.74) is 6.04. The van der Waals surface area contributed by atoms with Crippen LogP contribution in [0.25, 0.3) is 10.8 Å². The number of aliphatic carboxylic acids is 1. The molecule has 0 amide bonds. The Morgan fingerprint density at radius 1 is 1.03 bits per heavy atom. The van der Waals surface area contributed by atoms with Gasteiger partial charge in [-0.15, -0.1) is 0 Å². The van der Waals surface area contributed by atoms with E-state index in [0.717, 1.165) is 24.2 Å². The average molecular weight is 494 g/mol. The molecule has 5 rings (SSSR count). The molecule has 0 saturated carbocycles. The van der Waals surface area contributed by atoms with Gasteiger partial charge < -0.3 is 14.7 Å². The molecule has 0 spiro atoms. The Balaban J connectivity index is 1.30. The second-order valence-corrected chi connectivity index (χ2v) is 10.3. The van der Waals surface area contributed by atoms with Gasteiger partial charge in [-0.25, -0.2) is 4.79 Å². The Morgan fingerprint density at radius 2 is 1.81 bits per heavy atom. The molecule has 4 aromatic carbocycles. The first-order chi connectivity index (χ1) is 18.0. The highest BCUT2D eigenvalue weighted by atomic mass is 16.5. The number of benzene rings is 4. The van der Waals surface area contributed by atoms with Crippen molar-refractivity contribution in [3.05, 3.63) is 102 Å². The molecule has 2 atom stereocenters. The fourth-order valence-electron chi connectivity index (χ4n) is 5.72. The van der Waals surface area contributed by atoms with Gasteiger partial charge in [0.1, 0.15) is 5.75 Å². The maximum absolute atomic E-state index is 11.0. The average Bonchev–Trinajstić information content (AvgIpc) is 2.91. The molecule has 1 aliphatic rings. The van der Waals surface area contributed by atoms with Crippen molar-refractivity contribution in [1.82, 2.24) is 0 Å². The van der Waals surface area contributed by atoms with Crippen molar-refractivity contribution in [3.8, 4) is 5.75 Å². The minimum atomic E-state index is -0.967. The first-order valence-electron chi connectivity index (χ1n) is 13.3. The summed E-state index contributed by atoms with van der Waals surface area (Å²) in [5, 5.41) is 11.7. The first-order valence-corrected chi connectivity index (χ1v) is 13.3. The molecule has 0 bridgehead atoms. The summed E-state index contributed by atoms with van der Waals surface area (Å²) in [6.45, 7) is 4.92. The van der Waals surface area contributed by atoms with Crippen LogP contribution < -0.4 is 9.64 Å². The summed E-state index contributed by atoms with van der Waals surface area (Å²) in [6, 6.07) is 30.1. The number of carboxylic acid groups (broad SMARTS) is 1. The van der Waals surface area contributed by atoms with Crippen molar-refractivity contribution < 1.29 is 14.6 Å². The SMILES string of the molecule is Cc1ccc(N2CC(CCC[C@H](C)c3cccc4ccccc34)Cc3ccccc32)cc1OCC(=O)O. The Hall–Kier alpha value is -3.79. The number of carbonyl (C=O) groups is 1. The van der Waals surface area contributed by atoms with Crippen LogP contribution in [0.3, 0.4) is 0 Å². The van der Waals surface area contributed by atoms with Crippen molar-refractivity contribution in [3.63, 3.8) is 0 Å². The topological polar surface area (TPSA) is 49.8 Å². The van der Waals surface area contributed by atoms with Crippen molar-refractivity contribution in [1.29, 1.82) is 0 Å². The molecule has 1 aliphatic heterocycles. The maximum Gasteiger partial charge on any atom is 0.341 e. The van der Waals surface area contributed by atoms with Crippen molar-refractivity contribution >= 4 is 28.1 Å². The number of para-hydroxylation sites is 1. The van der Waals surface area contributed by atoms with Gasteiger partial charge in [-0.3, -0.25) is 0 Å². The van der Waals surface area contributed by atoms with Crippen LogP contribution in [0.5, 0.6) is 5.75 Å². The van der Waals surface area contributed by atoms with Gasteiger partial charge in [0.15, 0.2) is 6.61 Å². The van der Waals surface area contributed by atoms with E-state index in [4.69, 9.17) is 9.84 Å². The maximum atomic E-state index is 11.0. The van der Waals surface area contributed by atoms with Gasteiger partial charge in [-0.2, -0.15) is 0 Å². The molecule has 190 valence electrons. The summed E-state index contributed by atoms with van der Waals surface area (Å²) in [7, 11) is 0. The van der Waals surface area contributed by atoms with Gasteiger partial charge in [0.05, 0.1) is 0 Å². The van der Waals surface area contributed by atoms with Crippen LogP contribution in [0.2, 0.25) is 0 Å². The number of rotatable bonds is 9. The quantitative estimate of drug-likeness (QED) is 0.257. The lowest BCUT2D eigenvalue weighted by Gasteiger charge is -2.36. The Kier molecular flexibility index (Phi) is 7.45. The number of carboxylic acids is 1. The predicted molar refractivity (Wildman–Crippen MR) is 151 cm³/mol. The zero-order chi connectivity index (χ0) is 25.8. The van der Waals surface area contributed by atoms with E-state index in [2.05, 4.69) is 84.6 Å². The van der Waals surface area contributed by atoms with Crippen LogP contribution in [0.15, 0.2) is 84.9 Å². The molecular formula is C33H35NO3. The lowest BCUT2D eigenvalue weighted by atomic mass is 9.85. The van der Waals surface area contributed by atoms with Gasteiger partial charge in [-0.05, 0) is 77.6 Å². The molecule has 1 N–H and O–H groups in total. The molecular weight excluding hydrogens is 458 g/mol. The molecule has 1 unspecified atom stereocenters. The second-order valence-electron chi connectivity index (χ2n) is 10.3. The van der Waals surface area contributed by atoms with E-state index in [-0.39, 0.29) is 6.61 Å². The standard InChI is InChI=1S/C33H35NO3/c1-23(29-15-8-13-26-11-3-5-14-30(26)29)9-7-10-25-19-27-12-4-6-16-31(27)34(21-25)28-18-17-24(2)32(20-28)37-22-33(35)36/h3-6,8,11-18,20,23,25H,7,9-10,19,21-22H2,1-2H3,(H,35,36)/t23-,25?/m0/s1. The number of nitrogens with zero attached hydrogens (tertiary/aromatic N) is 1. The van der Waals surface area contributed by atoms with Crippen molar-refractivity contribution in [2.45, 2.75) is 45.4 Å². The van der Waals surface area contributed by atoms with Crippen LogP contribution >= 0.6 is 0 Å². The van der Waals surface area contributed by atoms with Crippen LogP contribution in [-0.4, -0.2) is 24.2 Å². The third-order valence-corrected chi connectivity index (χ3v) is 7.67. The number of fused-ring (bicyclic) bond motifs is 2. The Morgan fingerprint density at radius 3 is 2.68 bits per heavy atom. The third kappa shape index (κ3) is 5.64. The molecule has 0 aliphatic carbocycles. The van der Waals surface area contributed by atoms with E-state index in [1.807, 2.05) is 19.1 Å². The van der Waals surface area contributed by atoms with Crippen molar-refractivity contribution in [2.24, 2.45) is 5.92 Å². The summed E-state index contributed by atoms with van der Waals surface area (Å²) in [5.74, 6) is 0.734. The highest BCUT2D eigenvalue weighted by Gasteiger charge is 2.26. The fourth-order valence-corrected chi connectivity index (χ4v) is 5.72. The normalized spacial score (nSPS) is 15.8. The van der Waals surface area contributed by atoms with E-state index >= 15 is 0 Å². The van der Waals surface area contributed by atoms with Crippen LogP contribution in [0, 0.1) is 12.8 Å². The summed E-state index contributed by atoms with van der Waals surface area (Å²) < 4.78 is 5.58. The van der Waals surface area contributed by atoms with Crippen LogP contribution in [-0.2, 0) is 11.2 Å². The molecule has 4 heteroatoms. The van der Waals surface area contributed by atoms with Gasteiger partial charge >= 0.3 is 5.97 Å².